The highest BCUT2D eigenvalue weighted by Gasteiger charge is 2.16. The van der Waals surface area contributed by atoms with E-state index in [0.29, 0.717) is 13.1 Å². The van der Waals surface area contributed by atoms with Crippen LogP contribution in [0.3, 0.4) is 0 Å². The molecule has 3 aromatic rings. The molecule has 27 heavy (non-hydrogen) atoms. The van der Waals surface area contributed by atoms with Crippen molar-refractivity contribution in [1.82, 2.24) is 14.7 Å². The van der Waals surface area contributed by atoms with Gasteiger partial charge in [-0.05, 0) is 57.6 Å². The van der Waals surface area contributed by atoms with Crippen molar-refractivity contribution in [3.05, 3.63) is 77.1 Å². The van der Waals surface area contributed by atoms with Crippen LogP contribution in [0.5, 0.6) is 0 Å². The number of rotatable bonds is 6. The van der Waals surface area contributed by atoms with Crippen molar-refractivity contribution >= 4 is 11.6 Å². The van der Waals surface area contributed by atoms with Crippen LogP contribution in [0.15, 0.2) is 54.6 Å². The molecule has 0 fully saturated rings. The highest BCUT2D eigenvalue weighted by Crippen LogP contribution is 2.19. The van der Waals surface area contributed by atoms with E-state index < -0.39 is 0 Å². The van der Waals surface area contributed by atoms with Crippen LogP contribution in [-0.2, 0) is 11.3 Å². The van der Waals surface area contributed by atoms with Gasteiger partial charge in [0.05, 0.1) is 17.9 Å². The van der Waals surface area contributed by atoms with Gasteiger partial charge in [-0.15, -0.1) is 0 Å². The highest BCUT2D eigenvalue weighted by molar-refractivity contribution is 5.92. The van der Waals surface area contributed by atoms with Crippen LogP contribution < -0.4 is 5.32 Å². The summed E-state index contributed by atoms with van der Waals surface area (Å²) in [6.45, 7) is 7.10. The molecule has 1 N–H and O–H groups in total. The molecule has 0 saturated heterocycles. The van der Waals surface area contributed by atoms with Crippen LogP contribution in [-0.4, -0.2) is 34.2 Å². The second kappa shape index (κ2) is 8.18. The molecule has 140 valence electrons. The SMILES string of the molecule is Cc1cccc(NC(=O)CN(C)Cc2c(C)nn(-c3ccccc3)c2C)c1. The number of nitrogens with one attached hydrogen (secondary N) is 1. The number of nitrogens with zero attached hydrogens (tertiary/aromatic N) is 3. The first-order valence-electron chi connectivity index (χ1n) is 9.09. The summed E-state index contributed by atoms with van der Waals surface area (Å²) >= 11 is 0. The zero-order valence-electron chi connectivity index (χ0n) is 16.4. The second-order valence-corrected chi connectivity index (χ2v) is 6.99. The molecular weight excluding hydrogens is 336 g/mol. The smallest absolute Gasteiger partial charge is 0.238 e. The van der Waals surface area contributed by atoms with E-state index in [0.717, 1.165) is 33.9 Å². The molecule has 0 aliphatic rings. The molecule has 0 saturated carbocycles. The number of anilines is 1. The van der Waals surface area contributed by atoms with Crippen molar-refractivity contribution in [2.75, 3.05) is 18.9 Å². The number of benzene rings is 2. The number of hydrogen-bond donors (Lipinski definition) is 1. The fraction of sp³-hybridized carbons (Fsp3) is 0.273. The predicted molar refractivity (Wildman–Crippen MR) is 109 cm³/mol. The molecule has 0 radical (unpaired) electrons. The van der Waals surface area contributed by atoms with Gasteiger partial charge in [-0.1, -0.05) is 30.3 Å². The molecule has 0 aliphatic carbocycles. The molecule has 0 atom stereocenters. The average molecular weight is 362 g/mol. The number of hydrogen-bond acceptors (Lipinski definition) is 3. The van der Waals surface area contributed by atoms with Crippen molar-refractivity contribution in [2.24, 2.45) is 0 Å². The van der Waals surface area contributed by atoms with Crippen molar-refractivity contribution < 1.29 is 4.79 Å². The van der Waals surface area contributed by atoms with Crippen molar-refractivity contribution in [2.45, 2.75) is 27.3 Å². The van der Waals surface area contributed by atoms with Crippen LogP contribution in [0.1, 0.15) is 22.5 Å². The van der Waals surface area contributed by atoms with E-state index >= 15 is 0 Å². The molecule has 5 nitrogen and oxygen atoms in total. The first kappa shape index (κ1) is 18.9. The molecular formula is C22H26N4O. The topological polar surface area (TPSA) is 50.2 Å². The minimum atomic E-state index is -0.0196. The third kappa shape index (κ3) is 4.63. The fourth-order valence-electron chi connectivity index (χ4n) is 3.22. The van der Waals surface area contributed by atoms with E-state index in [9.17, 15) is 4.79 Å². The van der Waals surface area contributed by atoms with Gasteiger partial charge in [0.15, 0.2) is 0 Å². The van der Waals surface area contributed by atoms with Gasteiger partial charge in [0.25, 0.3) is 0 Å². The van der Waals surface area contributed by atoms with E-state index in [-0.39, 0.29) is 5.91 Å². The lowest BCUT2D eigenvalue weighted by molar-refractivity contribution is -0.117. The van der Waals surface area contributed by atoms with E-state index in [1.54, 1.807) is 0 Å². The lowest BCUT2D eigenvalue weighted by Crippen LogP contribution is -2.30. The van der Waals surface area contributed by atoms with Gasteiger partial charge in [0.1, 0.15) is 0 Å². The molecule has 1 heterocycles. The normalized spacial score (nSPS) is 11.0. The van der Waals surface area contributed by atoms with Crippen LogP contribution in [0.25, 0.3) is 5.69 Å². The van der Waals surface area contributed by atoms with Gasteiger partial charge in [-0.3, -0.25) is 9.69 Å². The summed E-state index contributed by atoms with van der Waals surface area (Å²) in [4.78, 5) is 14.4. The van der Waals surface area contributed by atoms with Gasteiger partial charge in [-0.2, -0.15) is 5.10 Å². The summed E-state index contributed by atoms with van der Waals surface area (Å²) in [5.41, 5.74) is 6.25. The maximum Gasteiger partial charge on any atom is 0.238 e. The molecule has 0 spiro atoms. The zero-order chi connectivity index (χ0) is 19.4. The number of likely N-dealkylation sites (N-methyl/N-ethyl adjacent to an activating group) is 1. The monoisotopic (exact) mass is 362 g/mol. The summed E-state index contributed by atoms with van der Waals surface area (Å²) in [5.74, 6) is -0.0196. The van der Waals surface area contributed by atoms with Gasteiger partial charge in [-0.25, -0.2) is 4.68 Å². The Morgan fingerprint density at radius 1 is 1.07 bits per heavy atom. The van der Waals surface area contributed by atoms with Gasteiger partial charge < -0.3 is 5.32 Å². The lowest BCUT2D eigenvalue weighted by Gasteiger charge is -2.17. The molecule has 3 rings (SSSR count). The number of aromatic nitrogens is 2. The number of para-hydroxylation sites is 1. The van der Waals surface area contributed by atoms with Gasteiger partial charge >= 0.3 is 0 Å². The van der Waals surface area contributed by atoms with E-state index in [1.165, 1.54) is 0 Å². The molecule has 0 bridgehead atoms. The Balaban J connectivity index is 1.66. The maximum absolute atomic E-state index is 12.3. The van der Waals surface area contributed by atoms with E-state index in [2.05, 4.69) is 17.3 Å². The van der Waals surface area contributed by atoms with Crippen LogP contribution in [0.2, 0.25) is 0 Å². The van der Waals surface area contributed by atoms with Crippen molar-refractivity contribution in [3.63, 3.8) is 0 Å². The summed E-state index contributed by atoms with van der Waals surface area (Å²) in [7, 11) is 1.95. The van der Waals surface area contributed by atoms with E-state index in [4.69, 9.17) is 0 Å². The third-order valence-electron chi connectivity index (χ3n) is 4.59. The second-order valence-electron chi connectivity index (χ2n) is 6.99. The number of carbonyl (C=O) groups is 1. The first-order chi connectivity index (χ1) is 12.9. The Kier molecular flexibility index (Phi) is 5.72. The zero-order valence-corrected chi connectivity index (χ0v) is 16.4. The molecule has 0 aliphatic heterocycles. The van der Waals surface area contributed by atoms with Crippen molar-refractivity contribution in [3.8, 4) is 5.69 Å². The molecule has 0 unspecified atom stereocenters. The Bertz CT molecular complexity index is 931. The standard InChI is InChI=1S/C22H26N4O/c1-16-9-8-10-19(13-16)23-22(27)15-25(4)14-21-17(2)24-26(18(21)3)20-11-6-5-7-12-20/h5-13H,14-15H2,1-4H3,(H,23,27). The maximum atomic E-state index is 12.3. The average Bonchev–Trinajstić information content (AvgIpc) is 2.90. The largest absolute Gasteiger partial charge is 0.325 e. The number of aryl methyl sites for hydroxylation is 2. The Hall–Kier alpha value is -2.92. The molecule has 1 amide bonds. The van der Waals surface area contributed by atoms with E-state index in [1.807, 2.05) is 85.1 Å². The van der Waals surface area contributed by atoms with Crippen LogP contribution in [0, 0.1) is 20.8 Å². The Morgan fingerprint density at radius 3 is 2.52 bits per heavy atom. The minimum absolute atomic E-state index is 0.0196. The molecule has 5 heteroatoms. The summed E-state index contributed by atoms with van der Waals surface area (Å²) < 4.78 is 1.96. The Morgan fingerprint density at radius 2 is 1.81 bits per heavy atom. The molecule has 1 aromatic heterocycles. The quantitative estimate of drug-likeness (QED) is 0.724. The lowest BCUT2D eigenvalue weighted by atomic mass is 10.2. The summed E-state index contributed by atoms with van der Waals surface area (Å²) in [6, 6.07) is 17.9. The highest BCUT2D eigenvalue weighted by atomic mass is 16.2. The first-order valence-corrected chi connectivity index (χ1v) is 9.09. The summed E-state index contributed by atoms with van der Waals surface area (Å²) in [6.07, 6.45) is 0. The van der Waals surface area contributed by atoms with Crippen LogP contribution >= 0.6 is 0 Å². The Labute approximate surface area is 160 Å². The number of carbonyl (C=O) groups excluding carboxylic acids is 1. The third-order valence-corrected chi connectivity index (χ3v) is 4.59. The summed E-state index contributed by atoms with van der Waals surface area (Å²) in [5, 5.41) is 7.64. The predicted octanol–water partition coefficient (Wildman–Crippen LogP) is 3.87. The van der Waals surface area contributed by atoms with Gasteiger partial charge in [0.2, 0.25) is 5.91 Å². The van der Waals surface area contributed by atoms with Crippen LogP contribution in [0.4, 0.5) is 5.69 Å². The molecule has 2 aromatic carbocycles. The fourth-order valence-corrected chi connectivity index (χ4v) is 3.22. The number of amides is 1. The minimum Gasteiger partial charge on any atom is -0.325 e. The van der Waals surface area contributed by atoms with Crippen molar-refractivity contribution in [1.29, 1.82) is 0 Å². The van der Waals surface area contributed by atoms with Gasteiger partial charge in [0, 0.05) is 23.5 Å².